The predicted molar refractivity (Wildman–Crippen MR) is 79.9 cm³/mol. The van der Waals surface area contributed by atoms with Gasteiger partial charge in [-0.1, -0.05) is 12.1 Å². The van der Waals surface area contributed by atoms with E-state index in [9.17, 15) is 4.79 Å². The number of thioether (sulfide) groups is 1. The fraction of sp³-hybridized carbons (Fsp3) is 0.500. The maximum Gasteiger partial charge on any atom is 0.265 e. The summed E-state index contributed by atoms with van der Waals surface area (Å²) in [7, 11) is 0. The number of carbonyl (C=O) groups excluding carboxylic acids is 1. The van der Waals surface area contributed by atoms with Gasteiger partial charge in [0.25, 0.3) is 5.91 Å². The van der Waals surface area contributed by atoms with Crippen molar-refractivity contribution in [1.29, 1.82) is 0 Å². The van der Waals surface area contributed by atoms with Crippen molar-refractivity contribution in [2.24, 2.45) is 5.84 Å². The number of rotatable bonds is 3. The van der Waals surface area contributed by atoms with Crippen molar-refractivity contribution in [2.75, 3.05) is 18.8 Å². The fourth-order valence-electron chi connectivity index (χ4n) is 2.40. The predicted octanol–water partition coefficient (Wildman–Crippen LogP) is 1.62. The maximum absolute atomic E-state index is 11.5. The molecular formula is C14H21N3OS. The average Bonchev–Trinajstić information content (AvgIpc) is 2.37. The minimum Gasteiger partial charge on any atom is -0.297 e. The first-order chi connectivity index (χ1) is 9.00. The van der Waals surface area contributed by atoms with Crippen LogP contribution in [0.15, 0.2) is 24.3 Å². The molecule has 0 aliphatic carbocycles. The van der Waals surface area contributed by atoms with E-state index >= 15 is 0 Å². The van der Waals surface area contributed by atoms with Crippen LogP contribution in [0.4, 0.5) is 0 Å². The second kappa shape index (κ2) is 5.94. The maximum atomic E-state index is 11.5. The van der Waals surface area contributed by atoms with Crippen molar-refractivity contribution in [3.05, 3.63) is 35.4 Å². The Labute approximate surface area is 118 Å². The van der Waals surface area contributed by atoms with Crippen LogP contribution < -0.4 is 11.3 Å². The van der Waals surface area contributed by atoms with Crippen LogP contribution in [-0.4, -0.2) is 34.4 Å². The zero-order valence-electron chi connectivity index (χ0n) is 11.5. The first kappa shape index (κ1) is 14.4. The van der Waals surface area contributed by atoms with Gasteiger partial charge in [0.1, 0.15) is 0 Å². The van der Waals surface area contributed by atoms with Crippen molar-refractivity contribution in [1.82, 2.24) is 10.3 Å². The highest BCUT2D eigenvalue weighted by atomic mass is 32.2. The van der Waals surface area contributed by atoms with Crippen molar-refractivity contribution in [3.63, 3.8) is 0 Å². The van der Waals surface area contributed by atoms with Gasteiger partial charge in [0.05, 0.1) is 0 Å². The van der Waals surface area contributed by atoms with Crippen molar-refractivity contribution in [2.45, 2.75) is 25.1 Å². The van der Waals surface area contributed by atoms with Crippen molar-refractivity contribution >= 4 is 17.7 Å². The Balaban J connectivity index is 2.05. The number of hydrogen-bond donors (Lipinski definition) is 2. The first-order valence-corrected chi connectivity index (χ1v) is 7.45. The van der Waals surface area contributed by atoms with Crippen LogP contribution in [-0.2, 0) is 6.54 Å². The molecule has 0 saturated carbocycles. The van der Waals surface area contributed by atoms with Crippen molar-refractivity contribution in [3.8, 4) is 0 Å². The summed E-state index contributed by atoms with van der Waals surface area (Å²) in [5, 5.41) is 0. The number of benzene rings is 1. The molecule has 1 fully saturated rings. The standard InChI is InChI=1S/C14H21N3OS/c1-14(2)10-17(6-7-19-14)9-11-4-3-5-12(8-11)13(18)16-15/h3-5,8H,6-7,9-10,15H2,1-2H3,(H,16,18). The van der Waals surface area contributed by atoms with Crippen LogP contribution in [0.25, 0.3) is 0 Å². The van der Waals surface area contributed by atoms with Crippen LogP contribution in [0.3, 0.4) is 0 Å². The Morgan fingerprint density at radius 1 is 1.53 bits per heavy atom. The largest absolute Gasteiger partial charge is 0.297 e. The number of nitrogen functional groups attached to an aromatic ring is 1. The molecule has 104 valence electrons. The molecule has 0 radical (unpaired) electrons. The molecule has 1 aliphatic rings. The van der Waals surface area contributed by atoms with Gasteiger partial charge in [0.2, 0.25) is 0 Å². The average molecular weight is 279 g/mol. The number of nitrogens with one attached hydrogen (secondary N) is 1. The van der Waals surface area contributed by atoms with E-state index in [1.807, 2.05) is 23.9 Å². The molecule has 2 rings (SSSR count). The molecule has 1 aromatic carbocycles. The van der Waals surface area contributed by atoms with Gasteiger partial charge in [-0.25, -0.2) is 5.84 Å². The second-order valence-electron chi connectivity index (χ2n) is 5.49. The summed E-state index contributed by atoms with van der Waals surface area (Å²) in [6.45, 7) is 7.62. The molecule has 0 bridgehead atoms. The van der Waals surface area contributed by atoms with E-state index in [2.05, 4.69) is 30.2 Å². The molecule has 5 heteroatoms. The highest BCUT2D eigenvalue weighted by Crippen LogP contribution is 2.30. The minimum absolute atomic E-state index is 0.239. The first-order valence-electron chi connectivity index (χ1n) is 6.46. The van der Waals surface area contributed by atoms with E-state index in [-0.39, 0.29) is 5.91 Å². The summed E-state index contributed by atoms with van der Waals surface area (Å²) in [6.07, 6.45) is 0. The van der Waals surface area contributed by atoms with Gasteiger partial charge >= 0.3 is 0 Å². The van der Waals surface area contributed by atoms with E-state index < -0.39 is 0 Å². The van der Waals surface area contributed by atoms with Crippen LogP contribution in [0.5, 0.6) is 0 Å². The summed E-state index contributed by atoms with van der Waals surface area (Å²) >= 11 is 2.02. The highest BCUT2D eigenvalue weighted by Gasteiger charge is 2.26. The van der Waals surface area contributed by atoms with Gasteiger partial charge in [-0.05, 0) is 31.5 Å². The summed E-state index contributed by atoms with van der Waals surface area (Å²) in [5.41, 5.74) is 3.94. The monoisotopic (exact) mass is 279 g/mol. The Morgan fingerprint density at radius 2 is 2.32 bits per heavy atom. The fourth-order valence-corrected chi connectivity index (χ4v) is 3.58. The van der Waals surface area contributed by atoms with E-state index in [4.69, 9.17) is 5.84 Å². The summed E-state index contributed by atoms with van der Waals surface area (Å²) < 4.78 is 0.310. The molecule has 1 heterocycles. The SMILES string of the molecule is CC1(C)CN(Cc2cccc(C(=O)NN)c2)CCS1. The molecule has 0 atom stereocenters. The third-order valence-corrected chi connectivity index (χ3v) is 4.53. The number of amides is 1. The summed E-state index contributed by atoms with van der Waals surface area (Å²) in [6, 6.07) is 7.66. The molecule has 3 N–H and O–H groups in total. The zero-order chi connectivity index (χ0) is 13.9. The van der Waals surface area contributed by atoms with Gasteiger partial charge in [-0.3, -0.25) is 15.1 Å². The second-order valence-corrected chi connectivity index (χ2v) is 7.29. The minimum atomic E-state index is -0.239. The number of hydrazine groups is 1. The Kier molecular flexibility index (Phi) is 4.50. The normalized spacial score (nSPS) is 19.1. The number of hydrogen-bond acceptors (Lipinski definition) is 4. The Morgan fingerprint density at radius 3 is 3.00 bits per heavy atom. The molecule has 4 nitrogen and oxygen atoms in total. The van der Waals surface area contributed by atoms with E-state index in [0.717, 1.165) is 31.0 Å². The molecule has 19 heavy (non-hydrogen) atoms. The lowest BCUT2D eigenvalue weighted by atomic mass is 10.1. The van der Waals surface area contributed by atoms with Crippen LogP contribution in [0.2, 0.25) is 0 Å². The summed E-state index contributed by atoms with van der Waals surface area (Å²) in [5.74, 6) is 6.08. The molecule has 1 aliphatic heterocycles. The van der Waals surface area contributed by atoms with Crippen LogP contribution in [0, 0.1) is 0 Å². The molecule has 0 unspecified atom stereocenters. The smallest absolute Gasteiger partial charge is 0.265 e. The van der Waals surface area contributed by atoms with Crippen LogP contribution >= 0.6 is 11.8 Å². The third kappa shape index (κ3) is 3.96. The number of carbonyl (C=O) groups is 1. The molecule has 0 aromatic heterocycles. The lowest BCUT2D eigenvalue weighted by Crippen LogP contribution is -2.42. The zero-order valence-corrected chi connectivity index (χ0v) is 12.3. The van der Waals surface area contributed by atoms with Crippen molar-refractivity contribution < 1.29 is 4.79 Å². The molecule has 1 saturated heterocycles. The van der Waals surface area contributed by atoms with E-state index in [0.29, 0.717) is 10.3 Å². The number of nitrogens with two attached hydrogens (primary N) is 1. The van der Waals surface area contributed by atoms with Gasteiger partial charge in [-0.2, -0.15) is 11.8 Å². The quantitative estimate of drug-likeness (QED) is 0.501. The van der Waals surface area contributed by atoms with Gasteiger partial charge in [0, 0.05) is 35.7 Å². The Bertz CT molecular complexity index is 462. The van der Waals surface area contributed by atoms with Crippen LogP contribution in [0.1, 0.15) is 29.8 Å². The molecule has 0 spiro atoms. The molecule has 1 aromatic rings. The lowest BCUT2D eigenvalue weighted by Gasteiger charge is -2.37. The van der Waals surface area contributed by atoms with Gasteiger partial charge in [0.15, 0.2) is 0 Å². The van der Waals surface area contributed by atoms with E-state index in [1.54, 1.807) is 6.07 Å². The Hall–Kier alpha value is -1.04. The number of nitrogens with zero attached hydrogens (tertiary/aromatic N) is 1. The third-order valence-electron chi connectivity index (χ3n) is 3.23. The molecule has 1 amide bonds. The molecular weight excluding hydrogens is 258 g/mol. The lowest BCUT2D eigenvalue weighted by molar-refractivity contribution is 0.0953. The van der Waals surface area contributed by atoms with Gasteiger partial charge < -0.3 is 0 Å². The summed E-state index contributed by atoms with van der Waals surface area (Å²) in [4.78, 5) is 13.9. The highest BCUT2D eigenvalue weighted by molar-refractivity contribution is 8.00. The topological polar surface area (TPSA) is 58.4 Å². The van der Waals surface area contributed by atoms with E-state index in [1.165, 1.54) is 0 Å². The van der Waals surface area contributed by atoms with Gasteiger partial charge in [-0.15, -0.1) is 0 Å².